The van der Waals surface area contributed by atoms with Crippen LogP contribution in [0, 0.1) is 0 Å². The van der Waals surface area contributed by atoms with Gasteiger partial charge < -0.3 is 9.13 Å². The van der Waals surface area contributed by atoms with Crippen LogP contribution in [-0.2, 0) is 0 Å². The molecule has 0 aliphatic rings. The van der Waals surface area contributed by atoms with E-state index in [9.17, 15) is 4.11 Å². The summed E-state index contributed by atoms with van der Waals surface area (Å²) in [5.41, 5.74) is 11.3. The van der Waals surface area contributed by atoms with E-state index in [1.54, 1.807) is 0 Å². The second-order valence-corrected chi connectivity index (χ2v) is 12.7. The van der Waals surface area contributed by atoms with Crippen LogP contribution in [0.25, 0.3) is 88.4 Å². The van der Waals surface area contributed by atoms with Crippen molar-refractivity contribution < 1.29 is 4.11 Å². The molecule has 50 heavy (non-hydrogen) atoms. The SMILES string of the molecule is [2H]c1c(-c2ccc3c(c2)c2ccc(-c4ccccc4)cc2n3-c2ccccc2-c2ccccc2)c([2H])c2c3ccccc3n(-c3ccccc3)c2c1[2H]. The normalized spacial score (nSPS) is 12.4. The zero-order valence-electron chi connectivity index (χ0n) is 30.1. The number of para-hydroxylation sites is 3. The Morgan fingerprint density at radius 3 is 1.78 bits per heavy atom. The highest BCUT2D eigenvalue weighted by molar-refractivity contribution is 6.13. The van der Waals surface area contributed by atoms with Gasteiger partial charge in [0, 0.05) is 32.8 Å². The van der Waals surface area contributed by atoms with E-state index in [2.05, 4.69) is 108 Å². The van der Waals surface area contributed by atoms with Gasteiger partial charge >= 0.3 is 0 Å². The van der Waals surface area contributed by atoms with Crippen LogP contribution in [-0.4, -0.2) is 9.13 Å². The number of aromatic nitrogens is 2. The number of hydrogen-bond acceptors (Lipinski definition) is 0. The lowest BCUT2D eigenvalue weighted by Gasteiger charge is -2.14. The third kappa shape index (κ3) is 4.50. The molecule has 10 rings (SSSR count). The molecule has 0 bridgehead atoms. The van der Waals surface area contributed by atoms with Crippen molar-refractivity contribution in [3.63, 3.8) is 0 Å². The molecule has 0 aliphatic heterocycles. The zero-order valence-corrected chi connectivity index (χ0v) is 27.1. The van der Waals surface area contributed by atoms with Gasteiger partial charge in [-0.3, -0.25) is 0 Å². The maximum Gasteiger partial charge on any atom is 0.0645 e. The number of hydrogen-bond donors (Lipinski definition) is 0. The molecule has 0 unspecified atom stereocenters. The molecule has 8 aromatic carbocycles. The van der Waals surface area contributed by atoms with Crippen LogP contribution < -0.4 is 0 Å². The van der Waals surface area contributed by atoms with Gasteiger partial charge in [0.2, 0.25) is 0 Å². The second kappa shape index (κ2) is 11.5. The van der Waals surface area contributed by atoms with Gasteiger partial charge in [0.25, 0.3) is 0 Å². The van der Waals surface area contributed by atoms with Gasteiger partial charge in [0.15, 0.2) is 0 Å². The molecule has 0 aliphatic carbocycles. The predicted octanol–water partition coefficient (Wildman–Crippen LogP) is 12.9. The minimum Gasteiger partial charge on any atom is -0.309 e. The van der Waals surface area contributed by atoms with Crippen LogP contribution in [0.4, 0.5) is 0 Å². The number of rotatable bonds is 5. The lowest BCUT2D eigenvalue weighted by molar-refractivity contribution is 1.18. The fourth-order valence-corrected chi connectivity index (χ4v) is 7.53. The zero-order chi connectivity index (χ0) is 35.6. The molecule has 234 valence electrons. The summed E-state index contributed by atoms with van der Waals surface area (Å²) in [6.45, 7) is 0. The highest BCUT2D eigenvalue weighted by atomic mass is 15.0. The van der Waals surface area contributed by atoms with Crippen LogP contribution in [0.5, 0.6) is 0 Å². The van der Waals surface area contributed by atoms with Crippen molar-refractivity contribution in [1.82, 2.24) is 9.13 Å². The van der Waals surface area contributed by atoms with E-state index in [1.165, 1.54) is 0 Å². The minimum absolute atomic E-state index is 0.0476. The highest BCUT2D eigenvalue weighted by Gasteiger charge is 2.18. The largest absolute Gasteiger partial charge is 0.309 e. The summed E-state index contributed by atoms with van der Waals surface area (Å²) in [5, 5.41) is 3.69. The average Bonchev–Trinajstić information content (AvgIpc) is 3.74. The van der Waals surface area contributed by atoms with E-state index < -0.39 is 0 Å². The molecular weight excluding hydrogens is 605 g/mol. The molecule has 0 N–H and O–H groups in total. The van der Waals surface area contributed by atoms with Crippen LogP contribution in [0.3, 0.4) is 0 Å². The van der Waals surface area contributed by atoms with Crippen molar-refractivity contribution >= 4 is 43.6 Å². The summed E-state index contributed by atoms with van der Waals surface area (Å²) in [5.74, 6) is 0. The Hall–Kier alpha value is -6.64. The van der Waals surface area contributed by atoms with E-state index in [0.717, 1.165) is 71.9 Å². The molecule has 0 spiro atoms. The van der Waals surface area contributed by atoms with E-state index in [1.807, 2.05) is 77.4 Å². The molecule has 2 heterocycles. The molecule has 2 heteroatoms. The Balaban J connectivity index is 1.26. The Kier molecular flexibility index (Phi) is 5.84. The lowest BCUT2D eigenvalue weighted by Crippen LogP contribution is -1.97. The summed E-state index contributed by atoms with van der Waals surface area (Å²) in [7, 11) is 0. The first kappa shape index (κ1) is 25.4. The minimum atomic E-state index is 0.0476. The molecule has 10 aromatic rings. The van der Waals surface area contributed by atoms with Gasteiger partial charge in [-0.05, 0) is 82.4 Å². The number of benzene rings is 8. The Labute approximate surface area is 294 Å². The van der Waals surface area contributed by atoms with Crippen LogP contribution in [0.1, 0.15) is 4.11 Å². The van der Waals surface area contributed by atoms with Crippen LogP contribution in [0.2, 0.25) is 0 Å². The standard InChI is InChI=1S/C48H32N2/c1-4-14-33(15-5-1)37-24-27-41-43-31-36(26-29-47(43)50(48(41)32-37)44-22-12-10-20-39(44)34-16-6-2-7-17-34)35-25-28-46-42(30-35)40-21-11-13-23-45(40)49(46)38-18-8-3-9-19-38/h1-32H/i25D,28D,30D. The maximum absolute atomic E-state index is 9.71. The quantitative estimate of drug-likeness (QED) is 0.177. The smallest absolute Gasteiger partial charge is 0.0645 e. The molecule has 2 nitrogen and oxygen atoms in total. The summed E-state index contributed by atoms with van der Waals surface area (Å²) in [6, 6.07) is 60.7. The van der Waals surface area contributed by atoms with Crippen molar-refractivity contribution in [2.24, 2.45) is 0 Å². The van der Waals surface area contributed by atoms with Gasteiger partial charge in [-0.2, -0.15) is 0 Å². The third-order valence-electron chi connectivity index (χ3n) is 9.84. The average molecular weight is 640 g/mol. The molecule has 0 radical (unpaired) electrons. The molecule has 0 fully saturated rings. The Morgan fingerprint density at radius 2 is 0.960 bits per heavy atom. The van der Waals surface area contributed by atoms with Crippen LogP contribution >= 0.6 is 0 Å². The molecule has 0 atom stereocenters. The maximum atomic E-state index is 9.71. The van der Waals surface area contributed by atoms with Crippen molar-refractivity contribution in [3.8, 4) is 44.8 Å². The molecule has 2 aromatic heterocycles. The second-order valence-electron chi connectivity index (χ2n) is 12.7. The summed E-state index contributed by atoms with van der Waals surface area (Å²) < 4.78 is 32.9. The molecular formula is C48H32N2. The van der Waals surface area contributed by atoms with Crippen molar-refractivity contribution in [2.75, 3.05) is 0 Å². The predicted molar refractivity (Wildman–Crippen MR) is 211 cm³/mol. The van der Waals surface area contributed by atoms with Crippen molar-refractivity contribution in [3.05, 3.63) is 194 Å². The lowest BCUT2D eigenvalue weighted by atomic mass is 9.99. The van der Waals surface area contributed by atoms with E-state index in [0.29, 0.717) is 16.5 Å². The van der Waals surface area contributed by atoms with Gasteiger partial charge in [0.05, 0.1) is 31.9 Å². The summed E-state index contributed by atoms with van der Waals surface area (Å²) >= 11 is 0. The van der Waals surface area contributed by atoms with E-state index in [-0.39, 0.29) is 18.1 Å². The third-order valence-corrected chi connectivity index (χ3v) is 9.84. The highest BCUT2D eigenvalue weighted by Crippen LogP contribution is 2.41. The summed E-state index contributed by atoms with van der Waals surface area (Å²) in [4.78, 5) is 0. The van der Waals surface area contributed by atoms with Gasteiger partial charge in [-0.1, -0.05) is 140 Å². The summed E-state index contributed by atoms with van der Waals surface area (Å²) in [6.07, 6.45) is 0. The van der Waals surface area contributed by atoms with Gasteiger partial charge in [-0.25, -0.2) is 0 Å². The molecule has 0 saturated heterocycles. The van der Waals surface area contributed by atoms with Gasteiger partial charge in [0.1, 0.15) is 0 Å². The molecule has 0 amide bonds. The van der Waals surface area contributed by atoms with Gasteiger partial charge in [-0.15, -0.1) is 0 Å². The first-order chi connectivity index (χ1) is 26.1. The van der Waals surface area contributed by atoms with Crippen molar-refractivity contribution in [1.29, 1.82) is 0 Å². The fraction of sp³-hybridized carbons (Fsp3) is 0. The Morgan fingerprint density at radius 1 is 0.340 bits per heavy atom. The first-order valence-corrected chi connectivity index (χ1v) is 17.0. The number of fused-ring (bicyclic) bond motifs is 6. The topological polar surface area (TPSA) is 9.86 Å². The first-order valence-electron chi connectivity index (χ1n) is 18.5. The molecule has 0 saturated carbocycles. The van der Waals surface area contributed by atoms with E-state index >= 15 is 0 Å². The van der Waals surface area contributed by atoms with E-state index in [4.69, 9.17) is 0 Å². The fourth-order valence-electron chi connectivity index (χ4n) is 7.53. The monoisotopic (exact) mass is 639 g/mol. The number of nitrogens with zero attached hydrogens (tertiary/aromatic N) is 2. The van der Waals surface area contributed by atoms with Crippen LogP contribution in [0.15, 0.2) is 194 Å². The van der Waals surface area contributed by atoms with Crippen molar-refractivity contribution in [2.45, 2.75) is 0 Å². The Bertz CT molecular complexity index is 3020.